The first-order chi connectivity index (χ1) is 21.3. The van der Waals surface area contributed by atoms with Crippen LogP contribution in [0.2, 0.25) is 0 Å². The molecule has 10 nitrogen and oxygen atoms in total. The number of hydrogen-bond donors (Lipinski definition) is 4. The zero-order valence-electron chi connectivity index (χ0n) is 27.1. The maximum Gasteiger partial charge on any atom is 0.320 e. The lowest BCUT2D eigenvalue weighted by molar-refractivity contribution is -0.156. The number of likely N-dealkylation sites (tertiary alicyclic amines) is 1. The van der Waals surface area contributed by atoms with E-state index in [1.54, 1.807) is 22.9 Å². The number of aryl methyl sites for hydroxylation is 1. The van der Waals surface area contributed by atoms with Crippen molar-refractivity contribution >= 4 is 35.2 Å². The number of benzene rings is 1. The normalized spacial score (nSPS) is 18.5. The van der Waals surface area contributed by atoms with Gasteiger partial charge in [0, 0.05) is 93.1 Å². The number of allylic oxidation sites excluding steroid dienone is 1. The average Bonchev–Trinajstić information content (AvgIpc) is 2.98. The predicted molar refractivity (Wildman–Crippen MR) is 173 cm³/mol. The van der Waals surface area contributed by atoms with Gasteiger partial charge in [0.1, 0.15) is 11.4 Å². The van der Waals surface area contributed by atoms with Crippen molar-refractivity contribution < 1.29 is 23.1 Å². The van der Waals surface area contributed by atoms with Crippen molar-refractivity contribution in [1.29, 1.82) is 10.8 Å². The van der Waals surface area contributed by atoms with Crippen LogP contribution in [0.1, 0.15) is 76.5 Å². The molecule has 45 heavy (non-hydrogen) atoms. The minimum absolute atomic E-state index is 0.0750. The summed E-state index contributed by atoms with van der Waals surface area (Å²) >= 11 is 0. The molecule has 1 fully saturated rings. The number of nitrogens with one attached hydrogen (secondary N) is 4. The Morgan fingerprint density at radius 3 is 2.44 bits per heavy atom. The van der Waals surface area contributed by atoms with Gasteiger partial charge in [-0.2, -0.15) is 0 Å². The van der Waals surface area contributed by atoms with Crippen molar-refractivity contribution in [3.05, 3.63) is 46.3 Å². The first kappa shape index (κ1) is 34.1. The summed E-state index contributed by atoms with van der Waals surface area (Å²) < 4.78 is 34.2. The van der Waals surface area contributed by atoms with E-state index >= 15 is 0 Å². The predicted octanol–water partition coefficient (Wildman–Crippen LogP) is 4.47. The smallest absolute Gasteiger partial charge is 0.320 e. The second kappa shape index (κ2) is 14.5. The lowest BCUT2D eigenvalue weighted by Gasteiger charge is -2.39. The number of fused-ring (bicyclic) bond motifs is 1. The number of carbonyl (C=O) groups excluding carboxylic acids is 2. The van der Waals surface area contributed by atoms with Crippen molar-refractivity contribution in [2.24, 2.45) is 0 Å². The fourth-order valence-corrected chi connectivity index (χ4v) is 6.27. The Morgan fingerprint density at radius 1 is 1.13 bits per heavy atom. The van der Waals surface area contributed by atoms with Crippen LogP contribution >= 0.6 is 0 Å². The van der Waals surface area contributed by atoms with Gasteiger partial charge in [-0.15, -0.1) is 0 Å². The van der Waals surface area contributed by atoms with E-state index in [9.17, 15) is 23.8 Å². The van der Waals surface area contributed by atoms with Crippen LogP contribution in [0.25, 0.3) is 5.57 Å². The number of rotatable bonds is 9. The standard InChI is InChI=1S/C33H47F2N7O3/c1-21(43)41-14-10-28(39-24-8-12-40(13-9-24)20-30(44)45-33(2,3)4)27(19-41)32(37)42-11-6-7-22-15-25(23(17-36)18-38-5)26(31(34)35)16-29(22)42/h15-18,24,31,36-39H,6-14,19-20H2,1-5H3/b23-18+,36-17?,37-32?. The fourth-order valence-electron chi connectivity index (χ4n) is 6.27. The third-order valence-corrected chi connectivity index (χ3v) is 8.46. The van der Waals surface area contributed by atoms with E-state index in [2.05, 4.69) is 15.5 Å². The van der Waals surface area contributed by atoms with E-state index in [1.165, 1.54) is 19.2 Å². The van der Waals surface area contributed by atoms with Crippen LogP contribution in [0.3, 0.4) is 0 Å². The number of ether oxygens (including phenoxy) is 1. The van der Waals surface area contributed by atoms with E-state index < -0.39 is 12.0 Å². The number of carbonyl (C=O) groups is 2. The Kier molecular flexibility index (Phi) is 11.0. The Labute approximate surface area is 264 Å². The zero-order chi connectivity index (χ0) is 32.9. The molecule has 1 amide bonds. The topological polar surface area (TPSA) is 125 Å². The number of nitrogens with zero attached hydrogens (tertiary/aromatic N) is 3. The number of halogens is 2. The molecular weight excluding hydrogens is 580 g/mol. The van der Waals surface area contributed by atoms with E-state index in [1.807, 2.05) is 20.8 Å². The molecule has 4 N–H and O–H groups in total. The van der Waals surface area contributed by atoms with Gasteiger partial charge in [0.2, 0.25) is 5.91 Å². The summed E-state index contributed by atoms with van der Waals surface area (Å²) in [5, 5.41) is 23.7. The summed E-state index contributed by atoms with van der Waals surface area (Å²) in [7, 11) is 1.66. The van der Waals surface area contributed by atoms with Gasteiger partial charge in [-0.3, -0.25) is 19.9 Å². The lowest BCUT2D eigenvalue weighted by Crippen LogP contribution is -2.48. The van der Waals surface area contributed by atoms with Gasteiger partial charge in [-0.05, 0) is 69.7 Å². The Balaban J connectivity index is 1.58. The van der Waals surface area contributed by atoms with Crippen LogP contribution in [0.4, 0.5) is 14.5 Å². The van der Waals surface area contributed by atoms with Gasteiger partial charge >= 0.3 is 5.97 Å². The highest BCUT2D eigenvalue weighted by molar-refractivity contribution is 6.11. The van der Waals surface area contributed by atoms with Crippen LogP contribution in [0, 0.1) is 10.8 Å². The van der Waals surface area contributed by atoms with E-state index in [0.29, 0.717) is 48.3 Å². The van der Waals surface area contributed by atoms with Crippen molar-refractivity contribution in [2.75, 3.05) is 51.2 Å². The minimum atomic E-state index is -2.76. The molecule has 1 saturated heterocycles. The monoisotopic (exact) mass is 627 g/mol. The van der Waals surface area contributed by atoms with E-state index in [4.69, 9.17) is 10.1 Å². The Bertz CT molecular complexity index is 1360. The average molecular weight is 628 g/mol. The SMILES string of the molecule is CN/C=C(\C=N)c1cc2c(cc1C(F)F)N(C(=N)C1=C(NC3CCN(CC(=O)OC(C)(C)C)CC3)CCN(C(C)=O)C1)CCC2. The summed E-state index contributed by atoms with van der Waals surface area (Å²) in [6.45, 7) is 10.1. The second-order valence-corrected chi connectivity index (χ2v) is 12.9. The van der Waals surface area contributed by atoms with Gasteiger partial charge in [0.15, 0.2) is 0 Å². The van der Waals surface area contributed by atoms with Crippen molar-refractivity contribution in [3.63, 3.8) is 0 Å². The lowest BCUT2D eigenvalue weighted by atomic mass is 9.91. The highest BCUT2D eigenvalue weighted by Gasteiger charge is 2.32. The first-order valence-corrected chi connectivity index (χ1v) is 15.7. The third kappa shape index (κ3) is 8.47. The second-order valence-electron chi connectivity index (χ2n) is 12.9. The van der Waals surface area contributed by atoms with Gasteiger partial charge < -0.3 is 30.6 Å². The summed E-state index contributed by atoms with van der Waals surface area (Å²) in [5.74, 6) is -0.105. The molecular formula is C33H47F2N7O3. The molecule has 4 rings (SSSR count). The number of piperidine rings is 1. The maximum atomic E-state index is 14.4. The molecule has 0 spiro atoms. The van der Waals surface area contributed by atoms with Gasteiger partial charge in [-0.25, -0.2) is 8.78 Å². The number of alkyl halides is 2. The highest BCUT2D eigenvalue weighted by atomic mass is 19.3. The Morgan fingerprint density at radius 2 is 1.84 bits per heavy atom. The number of anilines is 1. The molecule has 0 aromatic heterocycles. The molecule has 1 aromatic rings. The van der Waals surface area contributed by atoms with Crippen molar-refractivity contribution in [1.82, 2.24) is 20.4 Å². The maximum absolute atomic E-state index is 14.4. The molecule has 12 heteroatoms. The van der Waals surface area contributed by atoms with Crippen LogP contribution in [0.15, 0.2) is 29.6 Å². The third-order valence-electron chi connectivity index (χ3n) is 8.46. The minimum Gasteiger partial charge on any atom is -0.459 e. The number of amidine groups is 1. The molecule has 1 aromatic carbocycles. The van der Waals surface area contributed by atoms with Gasteiger partial charge in [-0.1, -0.05) is 0 Å². The molecule has 0 radical (unpaired) electrons. The summed E-state index contributed by atoms with van der Waals surface area (Å²) in [6, 6.07) is 3.34. The molecule has 3 heterocycles. The summed E-state index contributed by atoms with van der Waals surface area (Å²) in [6.07, 6.45) is 3.44. The molecule has 0 atom stereocenters. The molecule has 0 unspecified atom stereocenters. The highest BCUT2D eigenvalue weighted by Crippen LogP contribution is 2.38. The summed E-state index contributed by atoms with van der Waals surface area (Å²) in [4.78, 5) is 30.3. The van der Waals surface area contributed by atoms with Crippen LogP contribution in [-0.4, -0.2) is 91.7 Å². The van der Waals surface area contributed by atoms with Crippen LogP contribution < -0.4 is 15.5 Å². The van der Waals surface area contributed by atoms with Crippen LogP contribution in [0.5, 0.6) is 0 Å². The number of hydrogen-bond acceptors (Lipinski definition) is 8. The van der Waals surface area contributed by atoms with Crippen molar-refractivity contribution in [3.8, 4) is 0 Å². The molecule has 3 aliphatic heterocycles. The summed E-state index contributed by atoms with van der Waals surface area (Å²) in [5.41, 5.74) is 2.98. The Hall–Kier alpha value is -3.80. The van der Waals surface area contributed by atoms with Gasteiger partial charge in [0.25, 0.3) is 6.43 Å². The van der Waals surface area contributed by atoms with Crippen LogP contribution in [-0.2, 0) is 20.7 Å². The number of esters is 1. The number of amides is 1. The van der Waals surface area contributed by atoms with E-state index in [-0.39, 0.29) is 42.4 Å². The molecule has 3 aliphatic rings. The molecule has 0 saturated carbocycles. The van der Waals surface area contributed by atoms with Crippen molar-refractivity contribution in [2.45, 2.75) is 77.9 Å². The quantitative estimate of drug-likeness (QED) is 0.181. The molecule has 246 valence electrons. The first-order valence-electron chi connectivity index (χ1n) is 15.7. The largest absolute Gasteiger partial charge is 0.459 e. The zero-order valence-corrected chi connectivity index (χ0v) is 27.1. The van der Waals surface area contributed by atoms with E-state index in [0.717, 1.165) is 49.8 Å². The van der Waals surface area contributed by atoms with Gasteiger partial charge in [0.05, 0.1) is 13.1 Å². The molecule has 0 aliphatic carbocycles. The fraction of sp³-hybridized carbons (Fsp3) is 0.576. The molecule has 0 bridgehead atoms.